The molecule has 2 aromatic heterocycles. The first-order valence-electron chi connectivity index (χ1n) is 8.14. The zero-order chi connectivity index (χ0) is 20.6. The molecule has 28 heavy (non-hydrogen) atoms. The lowest BCUT2D eigenvalue weighted by Gasteiger charge is -2.10. The summed E-state index contributed by atoms with van der Waals surface area (Å²) in [6.45, 7) is 1.53. The predicted molar refractivity (Wildman–Crippen MR) is 99.2 cm³/mol. The Morgan fingerprint density at radius 1 is 1.25 bits per heavy atom. The standard InChI is InChI=1S/C18H16F4N4OS/c1-8-4-12(18(20,21)22)13-14(24)15(28-17(13)26-8)16(27)25-7-10-5-11(19)3-2-9(10)6-23/h2-5H,6-7,23-24H2,1H3,(H,25,27). The Hall–Kier alpha value is -2.72. The number of thiophene rings is 1. The van der Waals surface area contributed by atoms with Crippen molar-refractivity contribution in [3.63, 3.8) is 0 Å². The first kappa shape index (κ1) is 20.0. The number of amides is 1. The Balaban J connectivity index is 1.95. The van der Waals surface area contributed by atoms with Gasteiger partial charge in [0.05, 0.1) is 11.3 Å². The maximum absolute atomic E-state index is 13.4. The average Bonchev–Trinajstić information content (AvgIpc) is 2.94. The van der Waals surface area contributed by atoms with E-state index in [0.717, 1.165) is 17.4 Å². The van der Waals surface area contributed by atoms with Crippen molar-refractivity contribution < 1.29 is 22.4 Å². The van der Waals surface area contributed by atoms with Gasteiger partial charge in [0.25, 0.3) is 5.91 Å². The maximum atomic E-state index is 13.4. The fraction of sp³-hybridized carbons (Fsp3) is 0.222. The largest absolute Gasteiger partial charge is 0.417 e. The third-order valence-corrected chi connectivity index (χ3v) is 5.26. The average molecular weight is 412 g/mol. The van der Waals surface area contributed by atoms with Crippen LogP contribution in [0.15, 0.2) is 24.3 Å². The van der Waals surface area contributed by atoms with Gasteiger partial charge >= 0.3 is 6.18 Å². The molecule has 1 aromatic carbocycles. The number of rotatable bonds is 4. The number of benzene rings is 1. The van der Waals surface area contributed by atoms with Crippen LogP contribution >= 0.6 is 11.3 Å². The van der Waals surface area contributed by atoms with Crippen LogP contribution in [0, 0.1) is 12.7 Å². The number of hydrogen-bond acceptors (Lipinski definition) is 5. The van der Waals surface area contributed by atoms with Crippen molar-refractivity contribution in [2.45, 2.75) is 26.2 Å². The first-order chi connectivity index (χ1) is 13.1. The van der Waals surface area contributed by atoms with Gasteiger partial charge in [-0.1, -0.05) is 6.07 Å². The Kier molecular flexibility index (Phi) is 5.26. The van der Waals surface area contributed by atoms with Crippen LogP contribution < -0.4 is 16.8 Å². The SMILES string of the molecule is Cc1cc(C(F)(F)F)c2c(N)c(C(=O)NCc3cc(F)ccc3CN)sc2n1. The molecule has 0 fully saturated rings. The molecule has 0 saturated carbocycles. The molecule has 5 N–H and O–H groups in total. The smallest absolute Gasteiger partial charge is 0.397 e. The summed E-state index contributed by atoms with van der Waals surface area (Å²) in [6, 6.07) is 4.90. The number of nitrogens with two attached hydrogens (primary N) is 2. The van der Waals surface area contributed by atoms with Gasteiger partial charge in [0.1, 0.15) is 15.5 Å². The van der Waals surface area contributed by atoms with Crippen molar-refractivity contribution in [1.82, 2.24) is 10.3 Å². The van der Waals surface area contributed by atoms with Crippen molar-refractivity contribution >= 4 is 33.1 Å². The normalized spacial score (nSPS) is 11.8. The molecule has 0 unspecified atom stereocenters. The van der Waals surface area contributed by atoms with Crippen molar-refractivity contribution in [3.8, 4) is 0 Å². The maximum Gasteiger partial charge on any atom is 0.417 e. The molecule has 2 heterocycles. The summed E-state index contributed by atoms with van der Waals surface area (Å²) in [4.78, 5) is 16.5. The second-order valence-electron chi connectivity index (χ2n) is 6.13. The highest BCUT2D eigenvalue weighted by Crippen LogP contribution is 2.42. The number of hydrogen-bond donors (Lipinski definition) is 3. The lowest BCUT2D eigenvalue weighted by molar-refractivity contribution is -0.136. The monoisotopic (exact) mass is 412 g/mol. The van der Waals surface area contributed by atoms with E-state index in [9.17, 15) is 22.4 Å². The van der Waals surface area contributed by atoms with Crippen molar-refractivity contribution in [3.05, 3.63) is 57.3 Å². The summed E-state index contributed by atoms with van der Waals surface area (Å²) in [6.07, 6.45) is -4.63. The zero-order valence-electron chi connectivity index (χ0n) is 14.7. The topological polar surface area (TPSA) is 94.0 Å². The molecular weight excluding hydrogens is 396 g/mol. The molecule has 0 aliphatic rings. The van der Waals surface area contributed by atoms with Crippen molar-refractivity contribution in [1.29, 1.82) is 0 Å². The summed E-state index contributed by atoms with van der Waals surface area (Å²) >= 11 is 0.778. The summed E-state index contributed by atoms with van der Waals surface area (Å²) in [5.41, 5.74) is 11.5. The van der Waals surface area contributed by atoms with Crippen LogP contribution in [0.4, 0.5) is 23.2 Å². The minimum atomic E-state index is -4.63. The summed E-state index contributed by atoms with van der Waals surface area (Å²) in [5, 5.41) is 2.26. The predicted octanol–water partition coefficient (Wildman–Crippen LogP) is 3.73. The minimum Gasteiger partial charge on any atom is -0.397 e. The lowest BCUT2D eigenvalue weighted by Crippen LogP contribution is -2.23. The van der Waals surface area contributed by atoms with E-state index in [1.807, 2.05) is 0 Å². The van der Waals surface area contributed by atoms with Crippen molar-refractivity contribution in [2.24, 2.45) is 5.73 Å². The number of alkyl halides is 3. The van der Waals surface area contributed by atoms with Gasteiger partial charge in [0, 0.05) is 24.2 Å². The van der Waals surface area contributed by atoms with Crippen LogP contribution in [0.5, 0.6) is 0 Å². The number of pyridine rings is 1. The third kappa shape index (κ3) is 3.78. The molecule has 0 bridgehead atoms. The van der Waals surface area contributed by atoms with Crippen LogP contribution in [0.1, 0.15) is 32.1 Å². The molecule has 0 saturated heterocycles. The fourth-order valence-electron chi connectivity index (χ4n) is 2.85. The molecule has 1 amide bonds. The van der Waals surface area contributed by atoms with Gasteiger partial charge < -0.3 is 16.8 Å². The van der Waals surface area contributed by atoms with Crippen molar-refractivity contribution in [2.75, 3.05) is 5.73 Å². The van der Waals surface area contributed by atoms with Crippen LogP contribution in [-0.4, -0.2) is 10.9 Å². The number of aromatic nitrogens is 1. The van der Waals surface area contributed by atoms with E-state index in [2.05, 4.69) is 10.3 Å². The van der Waals surface area contributed by atoms with E-state index in [1.54, 1.807) is 0 Å². The van der Waals surface area contributed by atoms with Crippen LogP contribution in [-0.2, 0) is 19.3 Å². The van der Waals surface area contributed by atoms with Gasteiger partial charge in [0.2, 0.25) is 0 Å². The fourth-order valence-corrected chi connectivity index (χ4v) is 3.93. The number of nitrogen functional groups attached to an aromatic ring is 1. The minimum absolute atomic E-state index is 0.0309. The van der Waals surface area contributed by atoms with Gasteiger partial charge in [-0.25, -0.2) is 9.37 Å². The van der Waals surface area contributed by atoms with Crippen LogP contribution in [0.3, 0.4) is 0 Å². The molecule has 3 aromatic rings. The summed E-state index contributed by atoms with van der Waals surface area (Å²) in [7, 11) is 0. The number of anilines is 1. The number of nitrogens with one attached hydrogen (secondary N) is 1. The molecule has 0 aliphatic carbocycles. The molecule has 0 radical (unpaired) electrons. The molecule has 10 heteroatoms. The van der Waals surface area contributed by atoms with E-state index in [1.165, 1.54) is 25.1 Å². The highest BCUT2D eigenvalue weighted by Gasteiger charge is 2.35. The Morgan fingerprint density at radius 3 is 2.61 bits per heavy atom. The van der Waals surface area contributed by atoms with Gasteiger partial charge in [-0.2, -0.15) is 13.2 Å². The molecular formula is C18H16F4N4OS. The van der Waals surface area contributed by atoms with Gasteiger partial charge in [-0.05, 0) is 36.2 Å². The molecule has 0 spiro atoms. The number of nitrogens with zero attached hydrogens (tertiary/aromatic N) is 1. The Labute approximate surface area is 161 Å². The van der Waals surface area contributed by atoms with Gasteiger partial charge in [0.15, 0.2) is 0 Å². The highest BCUT2D eigenvalue weighted by molar-refractivity contribution is 7.21. The van der Waals surface area contributed by atoms with E-state index in [4.69, 9.17) is 11.5 Å². The molecule has 5 nitrogen and oxygen atoms in total. The number of halogens is 4. The van der Waals surface area contributed by atoms with E-state index in [-0.39, 0.29) is 39.6 Å². The van der Waals surface area contributed by atoms with Crippen LogP contribution in [0.25, 0.3) is 10.2 Å². The third-order valence-electron chi connectivity index (χ3n) is 4.17. The van der Waals surface area contributed by atoms with E-state index < -0.39 is 23.5 Å². The van der Waals surface area contributed by atoms with Crippen LogP contribution in [0.2, 0.25) is 0 Å². The Morgan fingerprint density at radius 2 is 1.96 bits per heavy atom. The number of aryl methyl sites for hydroxylation is 1. The number of fused-ring (bicyclic) bond motifs is 1. The first-order valence-corrected chi connectivity index (χ1v) is 8.95. The second-order valence-corrected chi connectivity index (χ2v) is 7.13. The summed E-state index contributed by atoms with van der Waals surface area (Å²) < 4.78 is 53.5. The number of carbonyl (C=O) groups excluding carboxylic acids is 1. The lowest BCUT2D eigenvalue weighted by atomic mass is 10.1. The second kappa shape index (κ2) is 7.36. The number of carbonyl (C=O) groups is 1. The Bertz CT molecular complexity index is 1060. The molecule has 0 aliphatic heterocycles. The molecule has 148 valence electrons. The van der Waals surface area contributed by atoms with Gasteiger partial charge in [-0.15, -0.1) is 11.3 Å². The highest BCUT2D eigenvalue weighted by atomic mass is 32.1. The van der Waals surface area contributed by atoms with E-state index >= 15 is 0 Å². The summed E-state index contributed by atoms with van der Waals surface area (Å²) in [5.74, 6) is -1.16. The molecule has 0 atom stereocenters. The van der Waals surface area contributed by atoms with E-state index in [0.29, 0.717) is 11.1 Å². The molecule has 3 rings (SSSR count). The zero-order valence-corrected chi connectivity index (χ0v) is 15.5. The van der Waals surface area contributed by atoms with Gasteiger partial charge in [-0.3, -0.25) is 4.79 Å². The quantitative estimate of drug-likeness (QED) is 0.569.